The van der Waals surface area contributed by atoms with Crippen molar-refractivity contribution in [3.8, 4) is 0 Å². The summed E-state index contributed by atoms with van der Waals surface area (Å²) in [5, 5.41) is 0. The summed E-state index contributed by atoms with van der Waals surface area (Å²) in [6.07, 6.45) is 3.85. The van der Waals surface area contributed by atoms with Gasteiger partial charge >= 0.3 is 5.91 Å². The Morgan fingerprint density at radius 3 is 2.56 bits per heavy atom. The molecular formula is C15H17N2O+. The number of carbonyl (C=O) groups is 1. The molecule has 0 saturated heterocycles. The molecule has 0 radical (unpaired) electrons. The van der Waals surface area contributed by atoms with Crippen LogP contribution in [0.2, 0.25) is 0 Å². The zero-order valence-corrected chi connectivity index (χ0v) is 10.5. The van der Waals surface area contributed by atoms with Crippen LogP contribution in [0.25, 0.3) is 0 Å². The number of benzene rings is 1. The number of rotatable bonds is 4. The van der Waals surface area contributed by atoms with Crippen molar-refractivity contribution in [3.05, 3.63) is 66.0 Å². The molecular weight excluding hydrogens is 224 g/mol. The molecule has 0 spiro atoms. The third-order valence-electron chi connectivity index (χ3n) is 2.71. The second kappa shape index (κ2) is 5.96. The topological polar surface area (TPSA) is 33.0 Å². The van der Waals surface area contributed by atoms with E-state index in [4.69, 9.17) is 0 Å². The van der Waals surface area contributed by atoms with Crippen molar-refractivity contribution in [2.75, 3.05) is 5.43 Å². The van der Waals surface area contributed by atoms with E-state index < -0.39 is 0 Å². The van der Waals surface area contributed by atoms with Gasteiger partial charge in [0.15, 0.2) is 6.20 Å². The Morgan fingerprint density at radius 1 is 1.11 bits per heavy atom. The smallest absolute Gasteiger partial charge is 0.264 e. The maximum Gasteiger partial charge on any atom is 0.305 e. The molecule has 1 heterocycles. The van der Waals surface area contributed by atoms with Crippen LogP contribution >= 0.6 is 0 Å². The lowest BCUT2D eigenvalue weighted by Gasteiger charge is -2.03. The zero-order valence-electron chi connectivity index (χ0n) is 10.5. The third-order valence-corrected chi connectivity index (χ3v) is 2.71. The van der Waals surface area contributed by atoms with Gasteiger partial charge in [-0.25, -0.2) is 0 Å². The highest BCUT2D eigenvalue weighted by atomic mass is 16.2. The molecule has 0 fully saturated rings. The molecule has 2 aromatic rings. The summed E-state index contributed by atoms with van der Waals surface area (Å²) in [5.41, 5.74) is 4.65. The molecule has 0 aliphatic carbocycles. The van der Waals surface area contributed by atoms with E-state index in [1.807, 2.05) is 42.6 Å². The molecule has 1 N–H and O–H groups in total. The lowest BCUT2D eigenvalue weighted by Crippen LogP contribution is -2.51. The van der Waals surface area contributed by atoms with Crippen LogP contribution in [-0.2, 0) is 6.42 Å². The fourth-order valence-corrected chi connectivity index (χ4v) is 1.81. The van der Waals surface area contributed by atoms with Crippen LogP contribution in [0.15, 0.2) is 54.7 Å². The predicted octanol–water partition coefficient (Wildman–Crippen LogP) is 2.31. The molecule has 0 aliphatic heterocycles. The normalized spacial score (nSPS) is 10.1. The van der Waals surface area contributed by atoms with Gasteiger partial charge < -0.3 is 0 Å². The van der Waals surface area contributed by atoms with Crippen molar-refractivity contribution >= 4 is 5.91 Å². The lowest BCUT2D eigenvalue weighted by molar-refractivity contribution is -0.649. The van der Waals surface area contributed by atoms with E-state index in [1.165, 1.54) is 0 Å². The Morgan fingerprint density at radius 2 is 1.83 bits per heavy atom. The van der Waals surface area contributed by atoms with E-state index >= 15 is 0 Å². The van der Waals surface area contributed by atoms with Gasteiger partial charge in [0, 0.05) is 24.1 Å². The van der Waals surface area contributed by atoms with Crippen molar-refractivity contribution < 1.29 is 9.47 Å². The Kier molecular flexibility index (Phi) is 4.07. The Labute approximate surface area is 107 Å². The second-order valence-electron chi connectivity index (χ2n) is 4.12. The van der Waals surface area contributed by atoms with Crippen molar-refractivity contribution in [3.63, 3.8) is 0 Å². The number of hydrogen-bond acceptors (Lipinski definition) is 1. The minimum Gasteiger partial charge on any atom is -0.264 e. The first-order valence-electron chi connectivity index (χ1n) is 6.17. The molecule has 0 aliphatic rings. The molecule has 0 unspecified atom stereocenters. The molecule has 0 bridgehead atoms. The average Bonchev–Trinajstić information content (AvgIpc) is 2.42. The molecule has 0 saturated carbocycles. The maximum absolute atomic E-state index is 12.0. The summed E-state index contributed by atoms with van der Waals surface area (Å²) < 4.78 is 1.79. The summed E-state index contributed by atoms with van der Waals surface area (Å²) in [5.74, 6) is -0.0934. The van der Waals surface area contributed by atoms with Crippen LogP contribution in [0.1, 0.15) is 29.4 Å². The van der Waals surface area contributed by atoms with Crippen molar-refractivity contribution in [2.24, 2.45) is 0 Å². The average molecular weight is 241 g/mol. The Balaban J connectivity index is 2.17. The van der Waals surface area contributed by atoms with E-state index in [0.717, 1.165) is 18.5 Å². The van der Waals surface area contributed by atoms with E-state index in [0.29, 0.717) is 5.56 Å². The van der Waals surface area contributed by atoms with Gasteiger partial charge in [0.2, 0.25) is 5.69 Å². The molecule has 2 rings (SSSR count). The molecule has 3 heteroatoms. The standard InChI is InChI=1S/C15H16N2O/c1-2-8-14-11-6-7-12-17(14)16-15(18)13-9-4-3-5-10-13/h3-7,9-12H,2,8H2,1H3/p+1. The van der Waals surface area contributed by atoms with Gasteiger partial charge in [0.05, 0.1) is 0 Å². The van der Waals surface area contributed by atoms with Crippen LogP contribution in [0, 0.1) is 0 Å². The van der Waals surface area contributed by atoms with E-state index in [-0.39, 0.29) is 5.91 Å². The van der Waals surface area contributed by atoms with Gasteiger partial charge in [-0.2, -0.15) is 0 Å². The maximum atomic E-state index is 12.0. The zero-order chi connectivity index (χ0) is 12.8. The number of hydrogen-bond donors (Lipinski definition) is 1. The fraction of sp³-hybridized carbons (Fsp3) is 0.200. The largest absolute Gasteiger partial charge is 0.305 e. The van der Waals surface area contributed by atoms with E-state index in [1.54, 1.807) is 16.8 Å². The number of amides is 1. The summed E-state index contributed by atoms with van der Waals surface area (Å²) in [4.78, 5) is 12.0. The Bertz CT molecular complexity index is 523. The number of nitrogens with one attached hydrogen (secondary N) is 1. The number of carbonyl (C=O) groups excluding carboxylic acids is 1. The molecule has 3 nitrogen and oxygen atoms in total. The number of nitrogens with zero attached hydrogens (tertiary/aromatic N) is 1. The van der Waals surface area contributed by atoms with Crippen molar-refractivity contribution in [2.45, 2.75) is 19.8 Å². The number of pyridine rings is 1. The Hall–Kier alpha value is -2.16. The summed E-state index contributed by atoms with van der Waals surface area (Å²) in [6, 6.07) is 15.1. The van der Waals surface area contributed by atoms with Crippen LogP contribution in [0.5, 0.6) is 0 Å². The first-order valence-corrected chi connectivity index (χ1v) is 6.17. The van der Waals surface area contributed by atoms with Crippen LogP contribution in [-0.4, -0.2) is 5.91 Å². The molecule has 0 atom stereocenters. The minimum atomic E-state index is -0.0934. The molecule has 1 aromatic carbocycles. The van der Waals surface area contributed by atoms with E-state index in [9.17, 15) is 4.79 Å². The highest BCUT2D eigenvalue weighted by Gasteiger charge is 2.13. The van der Waals surface area contributed by atoms with Gasteiger partial charge in [-0.05, 0) is 24.6 Å². The molecule has 18 heavy (non-hydrogen) atoms. The quantitative estimate of drug-likeness (QED) is 0.819. The lowest BCUT2D eigenvalue weighted by atomic mass is 10.2. The first kappa shape index (κ1) is 12.3. The van der Waals surface area contributed by atoms with E-state index in [2.05, 4.69) is 12.3 Å². The summed E-state index contributed by atoms with van der Waals surface area (Å²) >= 11 is 0. The highest BCUT2D eigenvalue weighted by Crippen LogP contribution is 1.99. The van der Waals surface area contributed by atoms with Crippen molar-refractivity contribution in [1.82, 2.24) is 0 Å². The second-order valence-corrected chi connectivity index (χ2v) is 4.12. The summed E-state index contributed by atoms with van der Waals surface area (Å²) in [6.45, 7) is 2.12. The van der Waals surface area contributed by atoms with Gasteiger partial charge in [0.1, 0.15) is 0 Å². The number of aromatic nitrogens is 1. The van der Waals surface area contributed by atoms with Gasteiger partial charge in [0.25, 0.3) is 0 Å². The number of aryl methyl sites for hydroxylation is 1. The third kappa shape index (κ3) is 2.94. The van der Waals surface area contributed by atoms with Gasteiger partial charge in [-0.3, -0.25) is 4.79 Å². The van der Waals surface area contributed by atoms with Crippen LogP contribution < -0.4 is 10.1 Å². The first-order chi connectivity index (χ1) is 8.81. The molecule has 1 aromatic heterocycles. The minimum absolute atomic E-state index is 0.0934. The van der Waals surface area contributed by atoms with Crippen LogP contribution in [0.4, 0.5) is 0 Å². The van der Waals surface area contributed by atoms with Crippen LogP contribution in [0.3, 0.4) is 0 Å². The monoisotopic (exact) mass is 241 g/mol. The molecule has 92 valence electrons. The van der Waals surface area contributed by atoms with Crippen molar-refractivity contribution in [1.29, 1.82) is 0 Å². The highest BCUT2D eigenvalue weighted by molar-refractivity contribution is 5.98. The molecule has 1 amide bonds. The summed E-state index contributed by atoms with van der Waals surface area (Å²) in [7, 11) is 0. The SMILES string of the molecule is CCCc1cccc[n+]1NC(=O)c1ccccc1. The predicted molar refractivity (Wildman–Crippen MR) is 70.8 cm³/mol. The fourth-order valence-electron chi connectivity index (χ4n) is 1.81. The van der Waals surface area contributed by atoms with Gasteiger partial charge in [-0.15, -0.1) is 5.43 Å². The van der Waals surface area contributed by atoms with Gasteiger partial charge in [-0.1, -0.05) is 29.8 Å².